The van der Waals surface area contributed by atoms with Gasteiger partial charge in [-0.3, -0.25) is 4.79 Å². The molecule has 0 bridgehead atoms. The normalized spacial score (nSPS) is 15.1. The van der Waals surface area contributed by atoms with Crippen molar-refractivity contribution >= 4 is 20.4 Å². The molecular formula is C18H26O3Si. The lowest BCUT2D eigenvalue weighted by Gasteiger charge is -2.28. The van der Waals surface area contributed by atoms with Crippen molar-refractivity contribution in [3.8, 4) is 0 Å². The molecule has 0 aliphatic rings. The van der Waals surface area contributed by atoms with Crippen molar-refractivity contribution in [3.63, 3.8) is 0 Å². The molecule has 0 aromatic heterocycles. The second-order valence-electron chi connectivity index (χ2n) is 6.04. The maximum absolute atomic E-state index is 12.2. The zero-order chi connectivity index (χ0) is 16.6. The highest BCUT2D eigenvalue weighted by Gasteiger charge is 2.30. The average molecular weight is 318 g/mol. The molecule has 0 N–H and O–H groups in total. The van der Waals surface area contributed by atoms with Crippen LogP contribution in [0, 0.1) is 5.92 Å². The fourth-order valence-corrected chi connectivity index (χ4v) is 3.11. The van der Waals surface area contributed by atoms with Gasteiger partial charge in [0.25, 0.3) is 0 Å². The summed E-state index contributed by atoms with van der Waals surface area (Å²) in [6.45, 7) is 8.26. The highest BCUT2D eigenvalue weighted by Crippen LogP contribution is 2.20. The van der Waals surface area contributed by atoms with Crippen LogP contribution in [0.3, 0.4) is 0 Å². The molecule has 22 heavy (non-hydrogen) atoms. The third kappa shape index (κ3) is 6.41. The van der Waals surface area contributed by atoms with Gasteiger partial charge in [0.15, 0.2) is 8.32 Å². The van der Waals surface area contributed by atoms with E-state index in [0.29, 0.717) is 0 Å². The van der Waals surface area contributed by atoms with E-state index in [2.05, 4.69) is 19.6 Å². The highest BCUT2D eigenvalue weighted by atomic mass is 28.4. The third-order valence-corrected chi connectivity index (χ3v) is 3.97. The Labute approximate surface area is 134 Å². The van der Waals surface area contributed by atoms with E-state index in [-0.39, 0.29) is 12.1 Å². The van der Waals surface area contributed by atoms with E-state index in [1.165, 1.54) is 7.11 Å². The summed E-state index contributed by atoms with van der Waals surface area (Å²) < 4.78 is 11.1. The lowest BCUT2D eigenvalue weighted by Crippen LogP contribution is -2.38. The van der Waals surface area contributed by atoms with Crippen molar-refractivity contribution in [1.29, 1.82) is 0 Å². The van der Waals surface area contributed by atoms with Crippen molar-refractivity contribution < 1.29 is 14.0 Å². The van der Waals surface area contributed by atoms with Crippen LogP contribution in [0.1, 0.15) is 12.5 Å². The molecule has 1 aromatic carbocycles. The van der Waals surface area contributed by atoms with E-state index in [4.69, 9.17) is 9.16 Å². The van der Waals surface area contributed by atoms with E-state index < -0.39 is 14.2 Å². The predicted octanol–water partition coefficient (Wildman–Crippen LogP) is 4.29. The topological polar surface area (TPSA) is 35.5 Å². The maximum atomic E-state index is 12.2. The molecule has 0 saturated carbocycles. The van der Waals surface area contributed by atoms with Crippen molar-refractivity contribution in [2.45, 2.75) is 32.7 Å². The zero-order valence-electron chi connectivity index (χ0n) is 14.1. The first-order chi connectivity index (χ1) is 10.4. The Morgan fingerprint density at radius 1 is 1.14 bits per heavy atom. The van der Waals surface area contributed by atoms with Gasteiger partial charge in [-0.05, 0) is 32.1 Å². The number of allylic oxidation sites excluding steroid dienone is 1. The lowest BCUT2D eigenvalue weighted by atomic mass is 10.0. The molecule has 3 nitrogen and oxygen atoms in total. The first-order valence-electron chi connectivity index (χ1n) is 7.49. The van der Waals surface area contributed by atoms with Crippen LogP contribution in [0.15, 0.2) is 48.6 Å². The number of hydrogen-bond donors (Lipinski definition) is 0. The number of benzene rings is 1. The summed E-state index contributed by atoms with van der Waals surface area (Å²) in [5, 5.41) is 0. The smallest absolute Gasteiger partial charge is 0.315 e. The van der Waals surface area contributed by atoms with Crippen molar-refractivity contribution in [3.05, 3.63) is 54.1 Å². The first kappa shape index (κ1) is 18.4. The summed E-state index contributed by atoms with van der Waals surface area (Å²) in [4.78, 5) is 12.2. The standard InChI is InChI=1S/C18H26O3Si/c1-6-10-17(21-22(3,4)5)16(18(19)20-2)14-13-15-11-8-7-9-12-15/h6-14,16-17H,1-5H3/b10-6-,14-13+/t16-,17+/m1/s1. The number of rotatable bonds is 7. The fourth-order valence-electron chi connectivity index (χ4n) is 2.07. The molecule has 1 rings (SSSR count). The van der Waals surface area contributed by atoms with Crippen LogP contribution < -0.4 is 0 Å². The van der Waals surface area contributed by atoms with Gasteiger partial charge >= 0.3 is 5.97 Å². The molecule has 0 unspecified atom stereocenters. The molecule has 0 radical (unpaired) electrons. The van der Waals surface area contributed by atoms with E-state index in [0.717, 1.165) is 5.56 Å². The first-order valence-corrected chi connectivity index (χ1v) is 10.9. The van der Waals surface area contributed by atoms with E-state index in [9.17, 15) is 4.79 Å². The Bertz CT molecular complexity index is 515. The zero-order valence-corrected chi connectivity index (χ0v) is 15.1. The Morgan fingerprint density at radius 3 is 2.27 bits per heavy atom. The molecule has 1 aromatic rings. The number of carbonyl (C=O) groups excluding carboxylic acids is 1. The number of carbonyl (C=O) groups is 1. The SMILES string of the molecule is C/C=C\[C@H](O[Si](C)(C)C)[C@@H](/C=C/c1ccccc1)C(=O)OC. The largest absolute Gasteiger partial charge is 0.468 e. The van der Waals surface area contributed by atoms with Gasteiger partial charge in [0.05, 0.1) is 13.2 Å². The minimum absolute atomic E-state index is 0.284. The van der Waals surface area contributed by atoms with Crippen molar-refractivity contribution in [2.24, 2.45) is 5.92 Å². The van der Waals surface area contributed by atoms with Gasteiger partial charge in [-0.15, -0.1) is 0 Å². The van der Waals surface area contributed by atoms with Gasteiger partial charge in [-0.1, -0.05) is 54.6 Å². The second kappa shape index (κ2) is 8.71. The van der Waals surface area contributed by atoms with Gasteiger partial charge in [-0.2, -0.15) is 0 Å². The Balaban J connectivity index is 3.03. The van der Waals surface area contributed by atoms with Gasteiger partial charge in [-0.25, -0.2) is 0 Å². The third-order valence-electron chi connectivity index (χ3n) is 2.99. The molecule has 0 aliphatic heterocycles. The van der Waals surface area contributed by atoms with E-state index in [1.54, 1.807) is 0 Å². The van der Waals surface area contributed by atoms with Crippen molar-refractivity contribution in [2.75, 3.05) is 7.11 Å². The molecule has 0 fully saturated rings. The Hall–Kier alpha value is -1.65. The number of ether oxygens (including phenoxy) is 1. The fraction of sp³-hybridized carbons (Fsp3) is 0.389. The molecule has 0 heterocycles. The molecule has 0 aliphatic carbocycles. The van der Waals surface area contributed by atoms with Gasteiger partial charge in [0.1, 0.15) is 5.92 Å². The van der Waals surface area contributed by atoms with Crippen LogP contribution >= 0.6 is 0 Å². The number of methoxy groups -OCH3 is 1. The van der Waals surface area contributed by atoms with Crippen LogP contribution in [0.2, 0.25) is 19.6 Å². The number of hydrogen-bond acceptors (Lipinski definition) is 3. The average Bonchev–Trinajstić information content (AvgIpc) is 2.46. The van der Waals surface area contributed by atoms with Gasteiger partial charge in [0.2, 0.25) is 0 Å². The summed E-state index contributed by atoms with van der Waals surface area (Å²) in [5.74, 6) is -0.735. The molecule has 0 saturated heterocycles. The minimum atomic E-state index is -1.78. The molecular weight excluding hydrogens is 292 g/mol. The van der Waals surface area contributed by atoms with Crippen LogP contribution in [0.25, 0.3) is 6.08 Å². The summed E-state index contributed by atoms with van der Waals surface area (Å²) in [7, 11) is -0.371. The van der Waals surface area contributed by atoms with Crippen molar-refractivity contribution in [1.82, 2.24) is 0 Å². The molecule has 0 amide bonds. The summed E-state index contributed by atoms with van der Waals surface area (Å²) in [5.41, 5.74) is 1.05. The molecule has 0 spiro atoms. The predicted molar refractivity (Wildman–Crippen MR) is 94.0 cm³/mol. The van der Waals surface area contributed by atoms with Crippen LogP contribution in [0.4, 0.5) is 0 Å². The monoisotopic (exact) mass is 318 g/mol. The van der Waals surface area contributed by atoms with Crippen LogP contribution in [-0.2, 0) is 14.0 Å². The second-order valence-corrected chi connectivity index (χ2v) is 10.5. The molecule has 2 atom stereocenters. The van der Waals surface area contributed by atoms with Gasteiger partial charge in [0, 0.05) is 0 Å². The number of esters is 1. The van der Waals surface area contributed by atoms with E-state index in [1.807, 2.05) is 61.6 Å². The summed E-state index contributed by atoms with van der Waals surface area (Å²) in [6, 6.07) is 9.89. The summed E-state index contributed by atoms with van der Waals surface area (Å²) in [6.07, 6.45) is 7.34. The lowest BCUT2D eigenvalue weighted by molar-refractivity contribution is -0.145. The molecule has 120 valence electrons. The summed E-state index contributed by atoms with van der Waals surface area (Å²) >= 11 is 0. The Morgan fingerprint density at radius 2 is 1.77 bits per heavy atom. The van der Waals surface area contributed by atoms with E-state index >= 15 is 0 Å². The van der Waals surface area contributed by atoms with Crippen LogP contribution in [0.5, 0.6) is 0 Å². The Kier molecular flexibility index (Phi) is 7.28. The quantitative estimate of drug-likeness (QED) is 0.427. The minimum Gasteiger partial charge on any atom is -0.468 e. The van der Waals surface area contributed by atoms with Crippen LogP contribution in [-0.4, -0.2) is 27.5 Å². The van der Waals surface area contributed by atoms with Gasteiger partial charge < -0.3 is 9.16 Å². The molecule has 4 heteroatoms. The highest BCUT2D eigenvalue weighted by molar-refractivity contribution is 6.69. The maximum Gasteiger partial charge on any atom is 0.315 e.